The van der Waals surface area contributed by atoms with Crippen molar-refractivity contribution in [2.45, 2.75) is 31.7 Å². The number of aliphatic hydroxyl groups is 2. The van der Waals surface area contributed by atoms with E-state index >= 15 is 0 Å². The second kappa shape index (κ2) is 7.44. The lowest BCUT2D eigenvalue weighted by molar-refractivity contribution is 0.0530. The Bertz CT molecular complexity index is 511. The molecule has 0 saturated heterocycles. The van der Waals surface area contributed by atoms with Crippen LogP contribution in [0.1, 0.15) is 40.2 Å². The molecule has 1 heterocycles. The fourth-order valence-corrected chi connectivity index (χ4v) is 2.96. The monoisotopic (exact) mass is 293 g/mol. The van der Waals surface area contributed by atoms with Crippen LogP contribution in [0.15, 0.2) is 12.1 Å². The summed E-state index contributed by atoms with van der Waals surface area (Å²) in [4.78, 5) is 15.7. The minimum Gasteiger partial charge on any atom is -0.395 e. The van der Waals surface area contributed by atoms with Crippen LogP contribution in [0.4, 0.5) is 0 Å². The lowest BCUT2D eigenvalue weighted by atomic mass is 9.91. The molecular formula is C15H19NO3S. The molecule has 1 fully saturated rings. The number of amides is 1. The number of carbonyl (C=O) groups excluding carboxylic acids is 1. The second-order valence-electron chi connectivity index (χ2n) is 4.75. The van der Waals surface area contributed by atoms with E-state index in [1.165, 1.54) is 11.3 Å². The molecule has 1 aliphatic carbocycles. The lowest BCUT2D eigenvalue weighted by Gasteiger charge is -2.37. The van der Waals surface area contributed by atoms with E-state index in [9.17, 15) is 4.79 Å². The Morgan fingerprint density at radius 3 is 2.75 bits per heavy atom. The van der Waals surface area contributed by atoms with Gasteiger partial charge in [-0.2, -0.15) is 0 Å². The number of carbonyl (C=O) groups is 1. The van der Waals surface area contributed by atoms with Crippen LogP contribution in [0, 0.1) is 11.8 Å². The molecule has 1 amide bonds. The fourth-order valence-electron chi connectivity index (χ4n) is 2.12. The van der Waals surface area contributed by atoms with Gasteiger partial charge in [0.25, 0.3) is 5.91 Å². The zero-order chi connectivity index (χ0) is 14.4. The molecule has 5 heteroatoms. The van der Waals surface area contributed by atoms with Crippen molar-refractivity contribution in [3.05, 3.63) is 21.9 Å². The third-order valence-corrected chi connectivity index (χ3v) is 4.37. The van der Waals surface area contributed by atoms with E-state index in [1.807, 2.05) is 6.07 Å². The van der Waals surface area contributed by atoms with E-state index in [0.717, 1.165) is 24.1 Å². The quantitative estimate of drug-likeness (QED) is 0.808. The Morgan fingerprint density at radius 1 is 1.35 bits per heavy atom. The van der Waals surface area contributed by atoms with Gasteiger partial charge in [-0.25, -0.2) is 0 Å². The molecule has 0 aromatic carbocycles. The molecule has 4 nitrogen and oxygen atoms in total. The summed E-state index contributed by atoms with van der Waals surface area (Å²) >= 11 is 1.37. The minimum absolute atomic E-state index is 0.00320. The Morgan fingerprint density at radius 2 is 2.15 bits per heavy atom. The Balaban J connectivity index is 2.05. The Hall–Kier alpha value is -1.35. The number of thiophene rings is 1. The van der Waals surface area contributed by atoms with Crippen molar-refractivity contribution in [3.63, 3.8) is 0 Å². The van der Waals surface area contributed by atoms with Crippen LogP contribution in [0.2, 0.25) is 0 Å². The molecule has 2 N–H and O–H groups in total. The van der Waals surface area contributed by atoms with Gasteiger partial charge in [-0.05, 0) is 31.4 Å². The van der Waals surface area contributed by atoms with E-state index in [1.54, 1.807) is 11.0 Å². The summed E-state index contributed by atoms with van der Waals surface area (Å²) in [5.41, 5.74) is 0. The highest BCUT2D eigenvalue weighted by Gasteiger charge is 2.29. The average molecular weight is 293 g/mol. The van der Waals surface area contributed by atoms with Crippen LogP contribution in [-0.2, 0) is 0 Å². The number of rotatable bonds is 5. The van der Waals surface area contributed by atoms with Crippen molar-refractivity contribution in [2.75, 3.05) is 19.8 Å². The van der Waals surface area contributed by atoms with Gasteiger partial charge in [0.15, 0.2) is 0 Å². The normalized spacial score (nSPS) is 14.3. The van der Waals surface area contributed by atoms with E-state index in [-0.39, 0.29) is 25.2 Å². The van der Waals surface area contributed by atoms with Gasteiger partial charge >= 0.3 is 0 Å². The molecule has 0 radical (unpaired) electrons. The molecule has 108 valence electrons. The van der Waals surface area contributed by atoms with Crippen molar-refractivity contribution >= 4 is 17.2 Å². The maximum absolute atomic E-state index is 12.4. The molecule has 0 unspecified atom stereocenters. The van der Waals surface area contributed by atoms with E-state index in [2.05, 4.69) is 11.8 Å². The zero-order valence-corrected chi connectivity index (χ0v) is 12.2. The maximum Gasteiger partial charge on any atom is 0.264 e. The van der Waals surface area contributed by atoms with Gasteiger partial charge in [0.2, 0.25) is 0 Å². The standard InChI is InChI=1S/C15H19NO3S/c17-10-2-1-6-13-7-8-14(20-13)15(19)16(9-11-18)12-4-3-5-12/h7-8,12,17-18H,2-5,9-11H2. The molecule has 0 bridgehead atoms. The maximum atomic E-state index is 12.4. The molecule has 1 saturated carbocycles. The van der Waals surface area contributed by atoms with Crippen molar-refractivity contribution in [3.8, 4) is 11.8 Å². The summed E-state index contributed by atoms with van der Waals surface area (Å²) in [6.07, 6.45) is 3.66. The molecule has 0 spiro atoms. The van der Waals surface area contributed by atoms with Crippen molar-refractivity contribution in [1.29, 1.82) is 0 Å². The van der Waals surface area contributed by atoms with Gasteiger partial charge in [-0.3, -0.25) is 4.79 Å². The number of nitrogens with zero attached hydrogens (tertiary/aromatic N) is 1. The SMILES string of the molecule is O=C(c1ccc(C#CCCO)s1)N(CCO)C1CCC1. The number of aliphatic hydroxyl groups excluding tert-OH is 2. The first-order chi connectivity index (χ1) is 9.76. The highest BCUT2D eigenvalue weighted by molar-refractivity contribution is 7.14. The molecule has 0 atom stereocenters. The summed E-state index contributed by atoms with van der Waals surface area (Å²) in [6.45, 7) is 0.444. The largest absolute Gasteiger partial charge is 0.395 e. The third kappa shape index (κ3) is 3.60. The van der Waals surface area contributed by atoms with Crippen molar-refractivity contribution in [1.82, 2.24) is 4.90 Å². The van der Waals surface area contributed by atoms with Gasteiger partial charge in [-0.1, -0.05) is 11.8 Å². The molecule has 0 aliphatic heterocycles. The topological polar surface area (TPSA) is 60.8 Å². The van der Waals surface area contributed by atoms with Gasteiger partial charge < -0.3 is 15.1 Å². The molecule has 20 heavy (non-hydrogen) atoms. The lowest BCUT2D eigenvalue weighted by Crippen LogP contribution is -2.45. The van der Waals surface area contributed by atoms with E-state index in [0.29, 0.717) is 17.8 Å². The van der Waals surface area contributed by atoms with Crippen LogP contribution in [0.5, 0.6) is 0 Å². The predicted molar refractivity (Wildman–Crippen MR) is 78.7 cm³/mol. The first-order valence-corrected chi connectivity index (χ1v) is 7.69. The van der Waals surface area contributed by atoms with E-state index < -0.39 is 0 Å². The average Bonchev–Trinajstić information content (AvgIpc) is 2.84. The Kier molecular flexibility index (Phi) is 5.60. The second-order valence-corrected chi connectivity index (χ2v) is 5.83. The summed E-state index contributed by atoms with van der Waals surface area (Å²) in [5.74, 6) is 5.78. The fraction of sp³-hybridized carbons (Fsp3) is 0.533. The summed E-state index contributed by atoms with van der Waals surface area (Å²) in [7, 11) is 0. The molecule has 2 rings (SSSR count). The molecule has 1 aromatic heterocycles. The number of hydrogen-bond donors (Lipinski definition) is 2. The van der Waals surface area contributed by atoms with Crippen LogP contribution in [0.3, 0.4) is 0 Å². The van der Waals surface area contributed by atoms with Crippen LogP contribution in [0.25, 0.3) is 0 Å². The molecule has 1 aromatic rings. The van der Waals surface area contributed by atoms with Crippen LogP contribution in [-0.4, -0.2) is 46.8 Å². The first kappa shape index (κ1) is 15.0. The predicted octanol–water partition coefficient (Wildman–Crippen LogP) is 1.47. The van der Waals surface area contributed by atoms with Crippen LogP contribution >= 0.6 is 11.3 Å². The highest BCUT2D eigenvalue weighted by atomic mass is 32.1. The number of hydrogen-bond acceptors (Lipinski definition) is 4. The minimum atomic E-state index is -0.0102. The van der Waals surface area contributed by atoms with Gasteiger partial charge in [-0.15, -0.1) is 11.3 Å². The molecule has 1 aliphatic rings. The highest BCUT2D eigenvalue weighted by Crippen LogP contribution is 2.27. The van der Waals surface area contributed by atoms with Gasteiger partial charge in [0.05, 0.1) is 23.0 Å². The van der Waals surface area contributed by atoms with Gasteiger partial charge in [0, 0.05) is 19.0 Å². The Labute approximate surface area is 123 Å². The molecular weight excluding hydrogens is 274 g/mol. The van der Waals surface area contributed by atoms with E-state index in [4.69, 9.17) is 10.2 Å². The smallest absolute Gasteiger partial charge is 0.264 e. The summed E-state index contributed by atoms with van der Waals surface area (Å²) in [6, 6.07) is 3.90. The summed E-state index contributed by atoms with van der Waals surface area (Å²) in [5, 5.41) is 17.8. The summed E-state index contributed by atoms with van der Waals surface area (Å²) < 4.78 is 0. The zero-order valence-electron chi connectivity index (χ0n) is 11.3. The van der Waals surface area contributed by atoms with Crippen molar-refractivity contribution < 1.29 is 15.0 Å². The first-order valence-electron chi connectivity index (χ1n) is 6.87. The van der Waals surface area contributed by atoms with Gasteiger partial charge in [0.1, 0.15) is 0 Å². The van der Waals surface area contributed by atoms with Crippen LogP contribution < -0.4 is 0 Å². The van der Waals surface area contributed by atoms with Crippen molar-refractivity contribution in [2.24, 2.45) is 0 Å². The third-order valence-electron chi connectivity index (χ3n) is 3.38.